The van der Waals surface area contributed by atoms with E-state index in [1.165, 1.54) is 0 Å². The highest BCUT2D eigenvalue weighted by Gasteiger charge is 2.04. The van der Waals surface area contributed by atoms with Crippen molar-refractivity contribution in [3.8, 4) is 0 Å². The van der Waals surface area contributed by atoms with Gasteiger partial charge in [-0.2, -0.15) is 0 Å². The summed E-state index contributed by atoms with van der Waals surface area (Å²) in [5.74, 6) is 0.433. The molecule has 0 fully saturated rings. The van der Waals surface area contributed by atoms with Gasteiger partial charge in [0.15, 0.2) is 0 Å². The van der Waals surface area contributed by atoms with Gasteiger partial charge >= 0.3 is 6.03 Å². The van der Waals surface area contributed by atoms with Crippen molar-refractivity contribution in [2.75, 3.05) is 11.9 Å². The summed E-state index contributed by atoms with van der Waals surface area (Å²) in [6.07, 6.45) is 1.61. The average Bonchev–Trinajstić information content (AvgIpc) is 2.68. The summed E-state index contributed by atoms with van der Waals surface area (Å²) < 4.78 is 0. The lowest BCUT2D eigenvalue weighted by Crippen LogP contribution is -2.29. The number of aromatic nitrogens is 2. The number of carbonyl (C=O) groups excluding carboxylic acids is 1. The molecule has 3 N–H and O–H groups in total. The van der Waals surface area contributed by atoms with E-state index in [0.29, 0.717) is 12.5 Å². The lowest BCUT2D eigenvalue weighted by Gasteiger charge is -2.01. The van der Waals surface area contributed by atoms with E-state index in [9.17, 15) is 4.79 Å². The van der Waals surface area contributed by atoms with Crippen LogP contribution < -0.4 is 10.6 Å². The summed E-state index contributed by atoms with van der Waals surface area (Å²) in [7, 11) is 0. The van der Waals surface area contributed by atoms with Crippen LogP contribution in [-0.4, -0.2) is 22.5 Å². The number of anilines is 1. The summed E-state index contributed by atoms with van der Waals surface area (Å²) in [5, 5.41) is 5.20. The number of rotatable bonds is 3. The molecule has 0 aliphatic heterocycles. The van der Waals surface area contributed by atoms with E-state index in [0.717, 1.165) is 11.0 Å². The Morgan fingerprint density at radius 3 is 3.06 bits per heavy atom. The van der Waals surface area contributed by atoms with Crippen molar-refractivity contribution in [2.24, 2.45) is 0 Å². The molecular formula is C11H12N4O. The molecule has 0 bridgehead atoms. The van der Waals surface area contributed by atoms with Crippen LogP contribution in [0.3, 0.4) is 0 Å². The second kappa shape index (κ2) is 4.48. The highest BCUT2D eigenvalue weighted by atomic mass is 16.2. The molecule has 16 heavy (non-hydrogen) atoms. The standard InChI is InChI=1S/C11H12N4O/c1-2-7-12-11(16)15-10-13-8-5-3-4-6-9(8)14-10/h2-6H,1,7H2,(H3,12,13,14,15,16). The molecule has 82 valence electrons. The minimum atomic E-state index is -0.307. The number of benzene rings is 1. The summed E-state index contributed by atoms with van der Waals surface area (Å²) in [6, 6.07) is 7.26. The number of fused-ring (bicyclic) bond motifs is 1. The van der Waals surface area contributed by atoms with E-state index in [2.05, 4.69) is 27.2 Å². The number of urea groups is 1. The number of imidazole rings is 1. The van der Waals surface area contributed by atoms with Crippen molar-refractivity contribution in [3.05, 3.63) is 36.9 Å². The number of carbonyl (C=O) groups is 1. The van der Waals surface area contributed by atoms with Crippen molar-refractivity contribution in [2.45, 2.75) is 0 Å². The van der Waals surface area contributed by atoms with Crippen LogP contribution in [-0.2, 0) is 0 Å². The van der Waals surface area contributed by atoms with E-state index in [1.807, 2.05) is 24.3 Å². The molecule has 2 rings (SSSR count). The number of hydrogen-bond donors (Lipinski definition) is 3. The van der Waals surface area contributed by atoms with Gasteiger partial charge in [0.2, 0.25) is 5.95 Å². The van der Waals surface area contributed by atoms with Gasteiger partial charge in [0.25, 0.3) is 0 Å². The van der Waals surface area contributed by atoms with Gasteiger partial charge in [-0.05, 0) is 12.1 Å². The molecule has 1 aromatic carbocycles. The molecule has 5 heteroatoms. The fraction of sp³-hybridized carbons (Fsp3) is 0.0909. The predicted molar refractivity (Wildman–Crippen MR) is 63.3 cm³/mol. The molecule has 1 aromatic heterocycles. The first kappa shape index (κ1) is 10.2. The highest BCUT2D eigenvalue weighted by molar-refractivity contribution is 5.89. The average molecular weight is 216 g/mol. The molecule has 0 aliphatic rings. The van der Waals surface area contributed by atoms with E-state index >= 15 is 0 Å². The molecule has 0 radical (unpaired) electrons. The molecule has 2 aromatic rings. The van der Waals surface area contributed by atoms with Crippen LogP contribution in [0.15, 0.2) is 36.9 Å². The van der Waals surface area contributed by atoms with Gasteiger partial charge < -0.3 is 10.3 Å². The van der Waals surface area contributed by atoms with E-state index in [1.54, 1.807) is 6.08 Å². The molecule has 0 saturated carbocycles. The summed E-state index contributed by atoms with van der Waals surface area (Å²) in [4.78, 5) is 18.5. The molecule has 2 amide bonds. The van der Waals surface area contributed by atoms with Crippen molar-refractivity contribution >= 4 is 23.0 Å². The van der Waals surface area contributed by atoms with Gasteiger partial charge in [0.1, 0.15) is 0 Å². The number of hydrogen-bond acceptors (Lipinski definition) is 2. The topological polar surface area (TPSA) is 69.8 Å². The number of H-pyrrole nitrogens is 1. The summed E-state index contributed by atoms with van der Waals surface area (Å²) in [5.41, 5.74) is 1.71. The van der Waals surface area contributed by atoms with Gasteiger partial charge in [0, 0.05) is 6.54 Å². The first-order valence-electron chi connectivity index (χ1n) is 4.90. The van der Waals surface area contributed by atoms with Crippen LogP contribution >= 0.6 is 0 Å². The minimum absolute atomic E-state index is 0.307. The largest absolute Gasteiger partial charge is 0.334 e. The molecular weight excluding hydrogens is 204 g/mol. The lowest BCUT2D eigenvalue weighted by atomic mass is 10.3. The zero-order valence-corrected chi connectivity index (χ0v) is 8.66. The molecule has 0 aliphatic carbocycles. The van der Waals surface area contributed by atoms with Gasteiger partial charge in [-0.1, -0.05) is 18.2 Å². The third-order valence-electron chi connectivity index (χ3n) is 2.03. The fourth-order valence-electron chi connectivity index (χ4n) is 1.33. The van der Waals surface area contributed by atoms with Gasteiger partial charge in [0.05, 0.1) is 11.0 Å². The van der Waals surface area contributed by atoms with Gasteiger partial charge in [-0.15, -0.1) is 6.58 Å². The first-order valence-corrected chi connectivity index (χ1v) is 4.90. The number of aromatic amines is 1. The maximum Gasteiger partial charge on any atom is 0.321 e. The number of nitrogens with one attached hydrogen (secondary N) is 3. The van der Waals surface area contributed by atoms with Crippen molar-refractivity contribution in [1.82, 2.24) is 15.3 Å². The Balaban J connectivity index is 2.09. The smallest absolute Gasteiger partial charge is 0.321 e. The number of para-hydroxylation sites is 2. The van der Waals surface area contributed by atoms with E-state index in [-0.39, 0.29) is 6.03 Å². The SMILES string of the molecule is C=CCNC(=O)Nc1nc2ccccc2[nH]1. The van der Waals surface area contributed by atoms with Crippen molar-refractivity contribution in [1.29, 1.82) is 0 Å². The predicted octanol–water partition coefficient (Wildman–Crippen LogP) is 1.87. The Hall–Kier alpha value is -2.30. The maximum atomic E-state index is 11.3. The molecule has 0 spiro atoms. The Kier molecular flexibility index (Phi) is 2.86. The van der Waals surface area contributed by atoms with Crippen LogP contribution in [0.5, 0.6) is 0 Å². The van der Waals surface area contributed by atoms with E-state index < -0.39 is 0 Å². The van der Waals surface area contributed by atoms with Crippen molar-refractivity contribution < 1.29 is 4.79 Å². The fourth-order valence-corrected chi connectivity index (χ4v) is 1.33. The Morgan fingerprint density at radius 2 is 2.31 bits per heavy atom. The zero-order chi connectivity index (χ0) is 11.4. The highest BCUT2D eigenvalue weighted by Crippen LogP contribution is 2.12. The number of amides is 2. The zero-order valence-electron chi connectivity index (χ0n) is 8.66. The third kappa shape index (κ3) is 2.20. The van der Waals surface area contributed by atoms with Crippen molar-refractivity contribution in [3.63, 3.8) is 0 Å². The van der Waals surface area contributed by atoms with Crippen LogP contribution in [0.1, 0.15) is 0 Å². The van der Waals surface area contributed by atoms with E-state index in [4.69, 9.17) is 0 Å². The monoisotopic (exact) mass is 216 g/mol. The Bertz CT molecular complexity index is 484. The quantitative estimate of drug-likeness (QED) is 0.685. The first-order chi connectivity index (χ1) is 7.79. The molecule has 1 heterocycles. The Morgan fingerprint density at radius 1 is 1.50 bits per heavy atom. The number of nitrogens with zero attached hydrogens (tertiary/aromatic N) is 1. The summed E-state index contributed by atoms with van der Waals surface area (Å²) in [6.45, 7) is 3.93. The summed E-state index contributed by atoms with van der Waals surface area (Å²) >= 11 is 0. The van der Waals surface area contributed by atoms with Crippen LogP contribution in [0.4, 0.5) is 10.7 Å². The Labute approximate surface area is 92.6 Å². The van der Waals surface area contributed by atoms with Gasteiger partial charge in [-0.3, -0.25) is 5.32 Å². The second-order valence-electron chi connectivity index (χ2n) is 3.23. The van der Waals surface area contributed by atoms with Crippen LogP contribution in [0.2, 0.25) is 0 Å². The second-order valence-corrected chi connectivity index (χ2v) is 3.23. The van der Waals surface area contributed by atoms with Gasteiger partial charge in [-0.25, -0.2) is 9.78 Å². The lowest BCUT2D eigenvalue weighted by molar-refractivity contribution is 0.253. The maximum absolute atomic E-state index is 11.3. The molecule has 0 atom stereocenters. The van der Waals surface area contributed by atoms with Crippen LogP contribution in [0, 0.1) is 0 Å². The minimum Gasteiger partial charge on any atom is -0.334 e. The molecule has 0 saturated heterocycles. The molecule has 0 unspecified atom stereocenters. The van der Waals surface area contributed by atoms with Crippen LogP contribution in [0.25, 0.3) is 11.0 Å². The third-order valence-corrected chi connectivity index (χ3v) is 2.03. The molecule has 5 nitrogen and oxygen atoms in total. The normalized spacial score (nSPS) is 10.0.